The minimum atomic E-state index is -0.632. The lowest BCUT2D eigenvalue weighted by Gasteiger charge is -2.08. The Morgan fingerprint density at radius 2 is 1.15 bits per heavy atom. The molecule has 0 aliphatic rings. The molecular formula is C27H23N5O8. The average Bonchev–Trinajstić information content (AvgIpc) is 2.94. The lowest BCUT2D eigenvalue weighted by atomic mass is 10.1. The Morgan fingerprint density at radius 1 is 0.725 bits per heavy atom. The Balaban J connectivity index is 1.32. The first-order valence-electron chi connectivity index (χ1n) is 11.8. The normalized spacial score (nSPS) is 10.9. The Morgan fingerprint density at radius 3 is 1.60 bits per heavy atom. The first kappa shape index (κ1) is 27.4. The summed E-state index contributed by atoms with van der Waals surface area (Å²) in [5.41, 5.74) is -0.0792. The molecule has 0 unspecified atom stereocenters. The highest BCUT2D eigenvalue weighted by atomic mass is 16.5. The van der Waals surface area contributed by atoms with E-state index in [-0.39, 0.29) is 35.7 Å². The van der Waals surface area contributed by atoms with Crippen molar-refractivity contribution in [2.75, 3.05) is 0 Å². The molecule has 0 spiro atoms. The van der Waals surface area contributed by atoms with Gasteiger partial charge < -0.3 is 9.47 Å². The van der Waals surface area contributed by atoms with Crippen molar-refractivity contribution >= 4 is 23.8 Å². The number of nitrogens with one attached hydrogen (secondary N) is 2. The van der Waals surface area contributed by atoms with E-state index in [1.54, 1.807) is 42.6 Å². The number of H-pyrrole nitrogens is 2. The second-order valence-corrected chi connectivity index (χ2v) is 8.56. The van der Waals surface area contributed by atoms with E-state index in [1.165, 1.54) is 47.5 Å². The predicted molar refractivity (Wildman–Crippen MR) is 143 cm³/mol. The van der Waals surface area contributed by atoms with Gasteiger partial charge in [0.05, 0.1) is 28.2 Å². The van der Waals surface area contributed by atoms with Crippen LogP contribution in [0.25, 0.3) is 0 Å². The number of aliphatic imine (C=N–C) groups is 1. The molecule has 2 aromatic heterocycles. The van der Waals surface area contributed by atoms with Crippen LogP contribution in [0.15, 0.2) is 84.8 Å². The van der Waals surface area contributed by atoms with E-state index in [1.807, 2.05) is 0 Å². The van der Waals surface area contributed by atoms with Crippen LogP contribution in [0, 0.1) is 0 Å². The van der Waals surface area contributed by atoms with Crippen LogP contribution >= 0.6 is 0 Å². The van der Waals surface area contributed by atoms with E-state index in [9.17, 15) is 28.8 Å². The second kappa shape index (κ2) is 11.9. The highest BCUT2D eigenvalue weighted by Crippen LogP contribution is 2.15. The van der Waals surface area contributed by atoms with Gasteiger partial charge in [-0.25, -0.2) is 19.2 Å². The molecule has 0 radical (unpaired) electrons. The maximum atomic E-state index is 12.4. The second-order valence-electron chi connectivity index (χ2n) is 8.56. The molecule has 0 saturated carbocycles. The molecule has 13 heteroatoms. The molecule has 0 bridgehead atoms. The smallest absolute Gasteiger partial charge is 0.338 e. The number of aromatic nitrogens is 4. The van der Waals surface area contributed by atoms with Crippen LogP contribution in [0.5, 0.6) is 0 Å². The highest BCUT2D eigenvalue weighted by Gasteiger charge is 2.11. The minimum absolute atomic E-state index is 0.243. The van der Waals surface area contributed by atoms with Gasteiger partial charge in [0.2, 0.25) is 0 Å². The molecule has 4 rings (SSSR count). The third-order valence-electron chi connectivity index (χ3n) is 5.84. The summed E-state index contributed by atoms with van der Waals surface area (Å²) >= 11 is 0. The quantitative estimate of drug-likeness (QED) is 0.243. The van der Waals surface area contributed by atoms with Gasteiger partial charge in [-0.3, -0.25) is 33.7 Å². The number of aromatic amines is 2. The predicted octanol–water partition coefficient (Wildman–Crippen LogP) is 0.925. The van der Waals surface area contributed by atoms with E-state index >= 15 is 0 Å². The van der Waals surface area contributed by atoms with E-state index < -0.39 is 34.4 Å². The fourth-order valence-electron chi connectivity index (χ4n) is 3.47. The number of nitrogens with zero attached hydrogens (tertiary/aromatic N) is 3. The Kier molecular flexibility index (Phi) is 8.13. The van der Waals surface area contributed by atoms with Gasteiger partial charge in [0.15, 0.2) is 0 Å². The van der Waals surface area contributed by atoms with Crippen molar-refractivity contribution in [1.82, 2.24) is 19.1 Å². The maximum absolute atomic E-state index is 12.4. The van der Waals surface area contributed by atoms with Crippen molar-refractivity contribution < 1.29 is 19.1 Å². The zero-order valence-corrected chi connectivity index (χ0v) is 21.4. The van der Waals surface area contributed by atoms with Gasteiger partial charge >= 0.3 is 23.3 Å². The summed E-state index contributed by atoms with van der Waals surface area (Å²) in [4.78, 5) is 79.5. The van der Waals surface area contributed by atoms with Crippen molar-refractivity contribution in [3.8, 4) is 0 Å². The number of esters is 2. The van der Waals surface area contributed by atoms with Crippen LogP contribution in [0.1, 0.15) is 37.7 Å². The van der Waals surface area contributed by atoms with Crippen LogP contribution in [-0.2, 0) is 36.8 Å². The highest BCUT2D eigenvalue weighted by molar-refractivity contribution is 5.91. The fourth-order valence-corrected chi connectivity index (χ4v) is 3.47. The standard InChI is InChI=1S/C27H23N5O8/c1-31-20(11-22(33)29-26(31)37)14-39-24(35)17-5-3-16(4-6-17)13-28-19-9-7-18(8-10-19)25(36)40-15-21-12-23(34)30-27(38)32(21)2/h3-13H,14-15H2,1-2H3,(H,29,33,37)(H,30,34,38)/b28-13+. The first-order chi connectivity index (χ1) is 19.1. The van der Waals surface area contributed by atoms with Crippen LogP contribution in [0.3, 0.4) is 0 Å². The van der Waals surface area contributed by atoms with Crippen LogP contribution in [-0.4, -0.2) is 37.3 Å². The average molecular weight is 546 g/mol. The summed E-state index contributed by atoms with van der Waals surface area (Å²) in [6.07, 6.45) is 1.57. The van der Waals surface area contributed by atoms with Crippen molar-refractivity contribution in [2.24, 2.45) is 19.1 Å². The third-order valence-corrected chi connectivity index (χ3v) is 5.84. The molecule has 4 aromatic rings. The molecule has 2 heterocycles. The minimum Gasteiger partial charge on any atom is -0.456 e. The lowest BCUT2D eigenvalue weighted by Crippen LogP contribution is -2.30. The number of hydrogen-bond donors (Lipinski definition) is 2. The number of carbonyl (C=O) groups excluding carboxylic acids is 2. The van der Waals surface area contributed by atoms with E-state index in [2.05, 4.69) is 15.0 Å². The maximum Gasteiger partial charge on any atom is 0.338 e. The molecule has 204 valence electrons. The number of hydrogen-bond acceptors (Lipinski definition) is 9. The molecule has 0 atom stereocenters. The van der Waals surface area contributed by atoms with Crippen molar-refractivity contribution in [2.45, 2.75) is 13.2 Å². The zero-order chi connectivity index (χ0) is 28.8. The van der Waals surface area contributed by atoms with Gasteiger partial charge in [0.25, 0.3) is 11.1 Å². The Hall–Kier alpha value is -5.59. The topological polar surface area (TPSA) is 175 Å². The summed E-state index contributed by atoms with van der Waals surface area (Å²) in [6, 6.07) is 15.1. The Labute approximate surface area is 225 Å². The lowest BCUT2D eigenvalue weighted by molar-refractivity contribution is 0.0454. The molecule has 2 N–H and O–H groups in total. The molecule has 13 nitrogen and oxygen atoms in total. The number of carbonyl (C=O) groups is 2. The van der Waals surface area contributed by atoms with Crippen molar-refractivity contribution in [3.63, 3.8) is 0 Å². The number of ether oxygens (including phenoxy) is 2. The summed E-state index contributed by atoms with van der Waals surface area (Å²) < 4.78 is 12.8. The number of rotatable bonds is 8. The van der Waals surface area contributed by atoms with Gasteiger partial charge in [0, 0.05) is 32.4 Å². The zero-order valence-electron chi connectivity index (χ0n) is 21.4. The molecule has 0 saturated heterocycles. The SMILES string of the molecule is Cn1c(COC(=O)c2ccc(/C=N/c3ccc(C(=O)OCc4cc(=O)[nH]c(=O)n4C)cc3)cc2)cc(=O)[nH]c1=O. The van der Waals surface area contributed by atoms with Crippen LogP contribution in [0.4, 0.5) is 5.69 Å². The molecule has 0 aliphatic carbocycles. The van der Waals surface area contributed by atoms with Gasteiger partial charge in [-0.1, -0.05) is 12.1 Å². The summed E-state index contributed by atoms with van der Waals surface area (Å²) in [6.45, 7) is -0.489. The molecule has 0 aliphatic heterocycles. The summed E-state index contributed by atoms with van der Waals surface area (Å²) in [5, 5.41) is 0. The molecule has 40 heavy (non-hydrogen) atoms. The van der Waals surface area contributed by atoms with E-state index in [0.717, 1.165) is 0 Å². The summed E-state index contributed by atoms with van der Waals surface area (Å²) in [5.74, 6) is -1.26. The van der Waals surface area contributed by atoms with Gasteiger partial charge in [-0.2, -0.15) is 0 Å². The Bertz CT molecular complexity index is 1690. The van der Waals surface area contributed by atoms with E-state index in [4.69, 9.17) is 9.47 Å². The third kappa shape index (κ3) is 6.64. The monoisotopic (exact) mass is 545 g/mol. The number of benzene rings is 2. The molecule has 0 fully saturated rings. The van der Waals surface area contributed by atoms with Gasteiger partial charge in [-0.05, 0) is 42.0 Å². The van der Waals surface area contributed by atoms with Crippen molar-refractivity contribution in [3.05, 3.63) is 130 Å². The molecule has 0 amide bonds. The van der Waals surface area contributed by atoms with E-state index in [0.29, 0.717) is 11.3 Å². The molecule has 2 aromatic carbocycles. The fraction of sp³-hybridized carbons (Fsp3) is 0.148. The van der Waals surface area contributed by atoms with Gasteiger partial charge in [-0.15, -0.1) is 0 Å². The largest absolute Gasteiger partial charge is 0.456 e. The van der Waals surface area contributed by atoms with Crippen LogP contribution < -0.4 is 22.5 Å². The molecular weight excluding hydrogens is 522 g/mol. The summed E-state index contributed by atoms with van der Waals surface area (Å²) in [7, 11) is 2.91. The van der Waals surface area contributed by atoms with Gasteiger partial charge in [0.1, 0.15) is 13.2 Å². The van der Waals surface area contributed by atoms with Crippen LogP contribution in [0.2, 0.25) is 0 Å². The van der Waals surface area contributed by atoms with Crippen molar-refractivity contribution in [1.29, 1.82) is 0 Å². The first-order valence-corrected chi connectivity index (χ1v) is 11.8.